The average Bonchev–Trinajstić information content (AvgIpc) is 3.03. The number of carbonyl (C=O) groups is 2. The van der Waals surface area contributed by atoms with Crippen molar-refractivity contribution in [3.05, 3.63) is 75.9 Å². The van der Waals surface area contributed by atoms with Crippen LogP contribution < -0.4 is 15.4 Å². The van der Waals surface area contributed by atoms with Gasteiger partial charge in [-0.2, -0.15) is 5.26 Å². The molecule has 0 saturated carbocycles. The van der Waals surface area contributed by atoms with Gasteiger partial charge >= 0.3 is 0 Å². The van der Waals surface area contributed by atoms with Gasteiger partial charge in [-0.15, -0.1) is 11.3 Å². The summed E-state index contributed by atoms with van der Waals surface area (Å²) in [4.78, 5) is 25.4. The molecule has 29 heavy (non-hydrogen) atoms. The van der Waals surface area contributed by atoms with Crippen LogP contribution in [0.15, 0.2) is 48.5 Å². The van der Waals surface area contributed by atoms with Gasteiger partial charge in [0.05, 0.1) is 23.2 Å². The summed E-state index contributed by atoms with van der Waals surface area (Å²) < 4.78 is 18.6. The minimum Gasteiger partial charge on any atom is -0.495 e. The molecule has 0 unspecified atom stereocenters. The van der Waals surface area contributed by atoms with E-state index in [0.29, 0.717) is 17.0 Å². The molecule has 146 valence electrons. The van der Waals surface area contributed by atoms with E-state index in [2.05, 4.69) is 10.6 Å². The van der Waals surface area contributed by atoms with Gasteiger partial charge in [-0.1, -0.05) is 18.2 Å². The molecule has 3 rings (SSSR count). The van der Waals surface area contributed by atoms with Crippen molar-refractivity contribution in [2.75, 3.05) is 17.7 Å². The second kappa shape index (κ2) is 8.54. The largest absolute Gasteiger partial charge is 0.495 e. The summed E-state index contributed by atoms with van der Waals surface area (Å²) in [6.45, 7) is 1.63. The van der Waals surface area contributed by atoms with E-state index < -0.39 is 17.6 Å². The lowest BCUT2D eigenvalue weighted by atomic mass is 10.1. The highest BCUT2D eigenvalue weighted by Gasteiger charge is 2.22. The number of ether oxygens (including phenoxy) is 1. The minimum atomic E-state index is -0.570. The second-order valence-corrected chi connectivity index (χ2v) is 7.01. The fourth-order valence-electron chi connectivity index (χ4n) is 2.68. The molecule has 2 N–H and O–H groups in total. The lowest BCUT2D eigenvalue weighted by Crippen LogP contribution is -2.12. The van der Waals surface area contributed by atoms with Gasteiger partial charge in [0.25, 0.3) is 11.8 Å². The minimum absolute atomic E-state index is 0.111. The predicted octanol–water partition coefficient (Wildman–Crippen LogP) is 4.58. The third-order valence-electron chi connectivity index (χ3n) is 4.13. The molecule has 6 nitrogen and oxygen atoms in total. The van der Waals surface area contributed by atoms with Crippen LogP contribution in [0.4, 0.5) is 15.1 Å². The summed E-state index contributed by atoms with van der Waals surface area (Å²) in [6.07, 6.45) is 0. The molecule has 0 saturated heterocycles. The number of para-hydroxylation sites is 2. The molecule has 0 radical (unpaired) electrons. The summed E-state index contributed by atoms with van der Waals surface area (Å²) in [5.41, 5.74) is 1.22. The van der Waals surface area contributed by atoms with E-state index in [1.807, 2.05) is 6.07 Å². The molecule has 1 aromatic heterocycles. The molecule has 0 aliphatic rings. The molecule has 1 heterocycles. The van der Waals surface area contributed by atoms with E-state index in [1.165, 1.54) is 25.3 Å². The Kier molecular flexibility index (Phi) is 5.90. The maximum Gasteiger partial charge on any atom is 0.266 e. The van der Waals surface area contributed by atoms with Crippen molar-refractivity contribution in [1.29, 1.82) is 5.26 Å². The molecule has 3 aromatic rings. The predicted molar refractivity (Wildman–Crippen MR) is 109 cm³/mol. The summed E-state index contributed by atoms with van der Waals surface area (Å²) in [5.74, 6) is -1.05. The number of hydrogen-bond acceptors (Lipinski definition) is 5. The molecule has 0 fully saturated rings. The van der Waals surface area contributed by atoms with Crippen molar-refractivity contribution >= 4 is 33.8 Å². The van der Waals surface area contributed by atoms with Gasteiger partial charge < -0.3 is 15.4 Å². The van der Waals surface area contributed by atoms with Crippen molar-refractivity contribution in [2.24, 2.45) is 0 Å². The van der Waals surface area contributed by atoms with Crippen LogP contribution in [0.3, 0.4) is 0 Å². The highest BCUT2D eigenvalue weighted by Crippen LogP contribution is 2.34. The van der Waals surface area contributed by atoms with Crippen molar-refractivity contribution in [2.45, 2.75) is 6.92 Å². The summed E-state index contributed by atoms with van der Waals surface area (Å²) in [7, 11) is 1.50. The molecule has 0 bridgehead atoms. The number of nitrogens with one attached hydrogen (secondary N) is 2. The third-order valence-corrected chi connectivity index (χ3v) is 5.34. The van der Waals surface area contributed by atoms with Gasteiger partial charge in [0, 0.05) is 5.56 Å². The van der Waals surface area contributed by atoms with Crippen LogP contribution >= 0.6 is 11.3 Å². The molecule has 0 aliphatic heterocycles. The number of methoxy groups -OCH3 is 1. The van der Waals surface area contributed by atoms with E-state index in [4.69, 9.17) is 4.74 Å². The normalized spacial score (nSPS) is 10.1. The molecular weight excluding hydrogens is 393 g/mol. The Morgan fingerprint density at radius 3 is 2.55 bits per heavy atom. The second-order valence-electron chi connectivity index (χ2n) is 5.99. The van der Waals surface area contributed by atoms with Crippen LogP contribution in [0, 0.1) is 24.1 Å². The Labute approximate surface area is 170 Å². The first-order valence-corrected chi connectivity index (χ1v) is 9.31. The number of benzene rings is 2. The van der Waals surface area contributed by atoms with E-state index >= 15 is 0 Å². The Bertz CT molecular complexity index is 1130. The first-order chi connectivity index (χ1) is 13.9. The van der Waals surface area contributed by atoms with Crippen LogP contribution in [0.25, 0.3) is 0 Å². The maximum absolute atomic E-state index is 13.4. The Hall–Kier alpha value is -3.70. The smallest absolute Gasteiger partial charge is 0.266 e. The first-order valence-electron chi connectivity index (χ1n) is 8.49. The number of anilines is 2. The van der Waals surface area contributed by atoms with Gasteiger partial charge in [0.1, 0.15) is 22.6 Å². The molecule has 0 spiro atoms. The van der Waals surface area contributed by atoms with Gasteiger partial charge in [0.2, 0.25) is 0 Å². The SMILES string of the molecule is COc1ccccc1NC(=O)c1sc(NC(=O)c2cccc(F)c2)c(C#N)c1C. The zero-order valence-corrected chi connectivity index (χ0v) is 16.4. The zero-order valence-electron chi connectivity index (χ0n) is 15.6. The summed E-state index contributed by atoms with van der Waals surface area (Å²) in [6, 6.07) is 14.1. The van der Waals surface area contributed by atoms with Gasteiger partial charge in [-0.05, 0) is 42.8 Å². The van der Waals surface area contributed by atoms with Crippen molar-refractivity contribution in [3.63, 3.8) is 0 Å². The number of nitriles is 1. The van der Waals surface area contributed by atoms with Gasteiger partial charge in [0.15, 0.2) is 0 Å². The number of amides is 2. The third kappa shape index (κ3) is 4.25. The van der Waals surface area contributed by atoms with Crippen molar-refractivity contribution < 1.29 is 18.7 Å². The van der Waals surface area contributed by atoms with Crippen molar-refractivity contribution in [3.8, 4) is 11.8 Å². The molecule has 0 atom stereocenters. The lowest BCUT2D eigenvalue weighted by Gasteiger charge is -2.09. The number of carbonyl (C=O) groups excluding carboxylic acids is 2. The van der Waals surface area contributed by atoms with Gasteiger partial charge in [-0.25, -0.2) is 4.39 Å². The summed E-state index contributed by atoms with van der Waals surface area (Å²) in [5, 5.41) is 15.1. The van der Waals surface area contributed by atoms with Crippen LogP contribution in [-0.4, -0.2) is 18.9 Å². The fourth-order valence-corrected chi connectivity index (χ4v) is 3.73. The highest BCUT2D eigenvalue weighted by molar-refractivity contribution is 7.18. The average molecular weight is 409 g/mol. The Morgan fingerprint density at radius 2 is 1.86 bits per heavy atom. The zero-order chi connectivity index (χ0) is 21.0. The first kappa shape index (κ1) is 20.0. The number of nitrogens with zero attached hydrogens (tertiary/aromatic N) is 1. The van der Waals surface area contributed by atoms with Crippen LogP contribution in [0.2, 0.25) is 0 Å². The Morgan fingerprint density at radius 1 is 1.10 bits per heavy atom. The number of rotatable bonds is 5. The highest BCUT2D eigenvalue weighted by atomic mass is 32.1. The summed E-state index contributed by atoms with van der Waals surface area (Å²) >= 11 is 0.978. The topological polar surface area (TPSA) is 91.2 Å². The maximum atomic E-state index is 13.4. The van der Waals surface area contributed by atoms with E-state index in [0.717, 1.165) is 17.4 Å². The fraction of sp³-hybridized carbons (Fsp3) is 0.0952. The molecule has 0 aliphatic carbocycles. The number of halogens is 1. The number of hydrogen-bond donors (Lipinski definition) is 2. The van der Waals surface area contributed by atoms with E-state index in [9.17, 15) is 19.2 Å². The molecule has 2 aromatic carbocycles. The molecule has 8 heteroatoms. The van der Waals surface area contributed by atoms with Crippen molar-refractivity contribution in [1.82, 2.24) is 0 Å². The molecular formula is C21H16FN3O3S. The molecule has 2 amide bonds. The Balaban J connectivity index is 1.88. The lowest BCUT2D eigenvalue weighted by molar-refractivity contribution is 0.101. The standard InChI is InChI=1S/C21H16FN3O3S/c1-12-15(11-23)21(25-19(26)13-6-5-7-14(22)10-13)29-18(12)20(27)24-16-8-3-4-9-17(16)28-2/h3-10H,1-2H3,(H,24,27)(H,25,26). The number of thiophene rings is 1. The van der Waals surface area contributed by atoms with Crippen LogP contribution in [-0.2, 0) is 0 Å². The quantitative estimate of drug-likeness (QED) is 0.645. The van der Waals surface area contributed by atoms with Gasteiger partial charge in [-0.3, -0.25) is 9.59 Å². The monoisotopic (exact) mass is 409 g/mol. The van der Waals surface area contributed by atoms with Crippen LogP contribution in [0.5, 0.6) is 5.75 Å². The van der Waals surface area contributed by atoms with E-state index in [1.54, 1.807) is 31.2 Å². The van der Waals surface area contributed by atoms with E-state index in [-0.39, 0.29) is 21.0 Å². The van der Waals surface area contributed by atoms with Crippen LogP contribution in [0.1, 0.15) is 31.2 Å².